The molecule has 21 heavy (non-hydrogen) atoms. The van der Waals surface area contributed by atoms with Gasteiger partial charge in [-0.1, -0.05) is 13.0 Å². The Morgan fingerprint density at radius 1 is 1.43 bits per heavy atom. The van der Waals surface area contributed by atoms with Crippen LogP contribution >= 0.6 is 0 Å². The summed E-state index contributed by atoms with van der Waals surface area (Å²) in [5, 5.41) is 14.2. The number of hydrogen-bond donors (Lipinski definition) is 3. The Bertz CT molecular complexity index is 455. The number of nitrogens with one attached hydrogen (secondary N) is 2. The van der Waals surface area contributed by atoms with Gasteiger partial charge in [-0.15, -0.1) is 0 Å². The number of ether oxygens (including phenoxy) is 1. The van der Waals surface area contributed by atoms with Crippen LogP contribution in [0.1, 0.15) is 18.9 Å². The molecule has 0 aliphatic heterocycles. The summed E-state index contributed by atoms with van der Waals surface area (Å²) < 4.78 is 18.1. The number of urea groups is 1. The molecule has 1 unspecified atom stereocenters. The molecular formula is C15H23FN2O3. The second-order valence-electron chi connectivity index (χ2n) is 4.97. The minimum Gasteiger partial charge on any atom is -0.494 e. The van der Waals surface area contributed by atoms with Crippen molar-refractivity contribution in [2.45, 2.75) is 19.8 Å². The Labute approximate surface area is 124 Å². The number of methoxy groups -OCH3 is 1. The number of carbonyl (C=O) groups excluding carboxylic acids is 1. The molecule has 0 fully saturated rings. The van der Waals surface area contributed by atoms with Gasteiger partial charge in [0.2, 0.25) is 0 Å². The third-order valence-corrected chi connectivity index (χ3v) is 3.15. The molecule has 1 aromatic rings. The highest BCUT2D eigenvalue weighted by atomic mass is 19.1. The molecule has 0 spiro atoms. The Morgan fingerprint density at radius 3 is 2.86 bits per heavy atom. The number of aliphatic hydroxyl groups excluding tert-OH is 1. The fourth-order valence-corrected chi connectivity index (χ4v) is 1.83. The number of amides is 2. The molecule has 0 aromatic heterocycles. The second-order valence-corrected chi connectivity index (χ2v) is 4.97. The van der Waals surface area contributed by atoms with E-state index in [2.05, 4.69) is 10.6 Å². The molecule has 6 heteroatoms. The topological polar surface area (TPSA) is 70.6 Å². The van der Waals surface area contributed by atoms with Gasteiger partial charge in [-0.3, -0.25) is 0 Å². The molecule has 0 bridgehead atoms. The molecule has 2 amide bonds. The van der Waals surface area contributed by atoms with E-state index in [1.807, 2.05) is 6.92 Å². The van der Waals surface area contributed by atoms with Crippen LogP contribution < -0.4 is 15.4 Å². The van der Waals surface area contributed by atoms with Crippen molar-refractivity contribution in [3.8, 4) is 5.75 Å². The van der Waals surface area contributed by atoms with Gasteiger partial charge >= 0.3 is 6.03 Å². The molecule has 0 aliphatic carbocycles. The van der Waals surface area contributed by atoms with Crippen LogP contribution in [0.15, 0.2) is 18.2 Å². The van der Waals surface area contributed by atoms with Crippen LogP contribution in [0.2, 0.25) is 0 Å². The van der Waals surface area contributed by atoms with Crippen molar-refractivity contribution in [3.63, 3.8) is 0 Å². The molecule has 0 saturated heterocycles. The van der Waals surface area contributed by atoms with E-state index in [0.717, 1.165) is 5.56 Å². The van der Waals surface area contributed by atoms with E-state index in [9.17, 15) is 9.18 Å². The van der Waals surface area contributed by atoms with E-state index >= 15 is 0 Å². The molecule has 0 heterocycles. The van der Waals surface area contributed by atoms with Gasteiger partial charge in [-0.05, 0) is 36.5 Å². The monoisotopic (exact) mass is 298 g/mol. The summed E-state index contributed by atoms with van der Waals surface area (Å²) in [5.74, 6) is 0.0433. The summed E-state index contributed by atoms with van der Waals surface area (Å²) in [4.78, 5) is 11.5. The van der Waals surface area contributed by atoms with Gasteiger partial charge in [-0.25, -0.2) is 9.18 Å². The molecule has 118 valence electrons. The quantitative estimate of drug-likeness (QED) is 0.684. The van der Waals surface area contributed by atoms with Crippen molar-refractivity contribution in [2.24, 2.45) is 5.92 Å². The molecule has 0 radical (unpaired) electrons. The summed E-state index contributed by atoms with van der Waals surface area (Å²) in [6, 6.07) is 4.40. The summed E-state index contributed by atoms with van der Waals surface area (Å²) in [6.07, 6.45) is 1.26. The molecule has 1 aromatic carbocycles. The smallest absolute Gasteiger partial charge is 0.314 e. The van der Waals surface area contributed by atoms with Crippen LogP contribution in [0, 0.1) is 11.7 Å². The zero-order valence-electron chi connectivity index (χ0n) is 12.5. The maximum Gasteiger partial charge on any atom is 0.314 e. The Hall–Kier alpha value is -1.82. The average molecular weight is 298 g/mol. The van der Waals surface area contributed by atoms with Crippen molar-refractivity contribution >= 4 is 6.03 Å². The molecule has 3 N–H and O–H groups in total. The van der Waals surface area contributed by atoms with E-state index in [1.165, 1.54) is 13.2 Å². The van der Waals surface area contributed by atoms with Gasteiger partial charge < -0.3 is 20.5 Å². The van der Waals surface area contributed by atoms with Crippen LogP contribution in [0.25, 0.3) is 0 Å². The summed E-state index contributed by atoms with van der Waals surface area (Å²) in [5.41, 5.74) is 0.891. The number of rotatable bonds is 8. The van der Waals surface area contributed by atoms with E-state index in [4.69, 9.17) is 9.84 Å². The van der Waals surface area contributed by atoms with Gasteiger partial charge in [-0.2, -0.15) is 0 Å². The lowest BCUT2D eigenvalue weighted by atomic mass is 10.1. The van der Waals surface area contributed by atoms with E-state index in [1.54, 1.807) is 12.1 Å². The molecule has 1 rings (SSSR count). The van der Waals surface area contributed by atoms with Gasteiger partial charge in [0, 0.05) is 19.7 Å². The molecule has 1 atom stereocenters. The summed E-state index contributed by atoms with van der Waals surface area (Å²) in [6.45, 7) is 3.06. The van der Waals surface area contributed by atoms with Crippen LogP contribution in [0.4, 0.5) is 9.18 Å². The van der Waals surface area contributed by atoms with E-state index in [0.29, 0.717) is 25.9 Å². The zero-order valence-corrected chi connectivity index (χ0v) is 12.5. The number of aliphatic hydroxyl groups is 1. The first-order chi connectivity index (χ1) is 10.1. The standard InChI is InChI=1S/C15H23FN2O3/c1-11(6-8-19)10-18-15(20)17-7-5-12-3-4-13(16)14(9-12)21-2/h3-4,9,11,19H,5-8,10H2,1-2H3,(H2,17,18,20). The predicted molar refractivity (Wildman–Crippen MR) is 78.9 cm³/mol. The normalized spacial score (nSPS) is 11.8. The molecular weight excluding hydrogens is 275 g/mol. The van der Waals surface area contributed by atoms with Gasteiger partial charge in [0.1, 0.15) is 0 Å². The lowest BCUT2D eigenvalue weighted by Crippen LogP contribution is -2.38. The van der Waals surface area contributed by atoms with E-state index in [-0.39, 0.29) is 24.3 Å². The average Bonchev–Trinajstić information content (AvgIpc) is 2.47. The minimum atomic E-state index is -0.398. The lowest BCUT2D eigenvalue weighted by Gasteiger charge is -2.12. The van der Waals surface area contributed by atoms with Crippen molar-refractivity contribution in [2.75, 3.05) is 26.8 Å². The lowest BCUT2D eigenvalue weighted by molar-refractivity contribution is 0.234. The summed E-state index contributed by atoms with van der Waals surface area (Å²) >= 11 is 0. The number of carbonyl (C=O) groups is 1. The Balaban J connectivity index is 2.28. The second kappa shape index (κ2) is 9.18. The summed E-state index contributed by atoms with van der Waals surface area (Å²) in [7, 11) is 1.42. The van der Waals surface area contributed by atoms with Crippen molar-refractivity contribution < 1.29 is 19.0 Å². The van der Waals surface area contributed by atoms with Gasteiger partial charge in [0.15, 0.2) is 11.6 Å². The zero-order chi connectivity index (χ0) is 15.7. The van der Waals surface area contributed by atoms with Crippen LogP contribution in [0.3, 0.4) is 0 Å². The first kappa shape index (κ1) is 17.2. The van der Waals surface area contributed by atoms with Crippen molar-refractivity contribution in [1.82, 2.24) is 10.6 Å². The van der Waals surface area contributed by atoms with Crippen molar-refractivity contribution in [3.05, 3.63) is 29.6 Å². The van der Waals surface area contributed by atoms with Crippen LogP contribution in [-0.4, -0.2) is 37.9 Å². The van der Waals surface area contributed by atoms with E-state index < -0.39 is 5.82 Å². The van der Waals surface area contributed by atoms with Crippen LogP contribution in [0.5, 0.6) is 5.75 Å². The van der Waals surface area contributed by atoms with Gasteiger partial charge in [0.05, 0.1) is 7.11 Å². The molecule has 0 saturated carbocycles. The maximum absolute atomic E-state index is 13.2. The Morgan fingerprint density at radius 2 is 2.19 bits per heavy atom. The molecule has 5 nitrogen and oxygen atoms in total. The number of halogens is 1. The number of benzene rings is 1. The fraction of sp³-hybridized carbons (Fsp3) is 0.533. The minimum absolute atomic E-state index is 0.122. The fourth-order valence-electron chi connectivity index (χ4n) is 1.83. The first-order valence-corrected chi connectivity index (χ1v) is 7.01. The molecule has 0 aliphatic rings. The van der Waals surface area contributed by atoms with Gasteiger partial charge in [0.25, 0.3) is 0 Å². The number of hydrogen-bond acceptors (Lipinski definition) is 3. The predicted octanol–water partition coefficient (Wildman–Crippen LogP) is 1.69. The largest absolute Gasteiger partial charge is 0.494 e. The highest BCUT2D eigenvalue weighted by Crippen LogP contribution is 2.18. The highest BCUT2D eigenvalue weighted by molar-refractivity contribution is 5.73. The Kier molecular flexibility index (Phi) is 7.53. The highest BCUT2D eigenvalue weighted by Gasteiger charge is 2.06. The third kappa shape index (κ3) is 6.44. The SMILES string of the molecule is COc1cc(CCNC(=O)NCC(C)CCO)ccc1F. The third-order valence-electron chi connectivity index (χ3n) is 3.15. The first-order valence-electron chi connectivity index (χ1n) is 7.01. The maximum atomic E-state index is 13.2. The van der Waals surface area contributed by atoms with Crippen molar-refractivity contribution in [1.29, 1.82) is 0 Å². The van der Waals surface area contributed by atoms with Crippen LogP contribution in [-0.2, 0) is 6.42 Å².